The normalized spacial score (nSPS) is 23.7. The summed E-state index contributed by atoms with van der Waals surface area (Å²) in [5, 5.41) is 9.66. The summed E-state index contributed by atoms with van der Waals surface area (Å²) in [6.45, 7) is 3.26. The zero-order valence-corrected chi connectivity index (χ0v) is 12.0. The van der Waals surface area contributed by atoms with Crippen LogP contribution in [0.4, 0.5) is 0 Å². The SMILES string of the molecule is COCC1(C(=O)O)CCCCN1Cc1nccc(C)n1. The highest BCUT2D eigenvalue weighted by molar-refractivity contribution is 5.79. The second-order valence-electron chi connectivity index (χ2n) is 5.26. The average molecular weight is 279 g/mol. The first-order chi connectivity index (χ1) is 9.58. The number of hydrogen-bond acceptors (Lipinski definition) is 5. The Labute approximate surface area is 118 Å². The van der Waals surface area contributed by atoms with Gasteiger partial charge in [-0.15, -0.1) is 0 Å². The number of hydrogen-bond donors (Lipinski definition) is 1. The maximum Gasteiger partial charge on any atom is 0.326 e. The van der Waals surface area contributed by atoms with Crippen LogP contribution in [0.25, 0.3) is 0 Å². The Morgan fingerprint density at radius 1 is 1.55 bits per heavy atom. The third kappa shape index (κ3) is 2.96. The molecular formula is C14H21N3O3. The van der Waals surface area contributed by atoms with E-state index in [1.807, 2.05) is 17.9 Å². The van der Waals surface area contributed by atoms with Crippen LogP contribution in [0.3, 0.4) is 0 Å². The molecule has 6 heteroatoms. The smallest absolute Gasteiger partial charge is 0.326 e. The van der Waals surface area contributed by atoms with Gasteiger partial charge >= 0.3 is 5.97 Å². The number of carboxylic acid groups (broad SMARTS) is 1. The molecule has 0 bridgehead atoms. The fourth-order valence-corrected chi connectivity index (χ4v) is 2.78. The number of rotatable bonds is 5. The third-order valence-electron chi connectivity index (χ3n) is 3.83. The van der Waals surface area contributed by atoms with Crippen LogP contribution in [-0.4, -0.2) is 51.7 Å². The molecule has 1 unspecified atom stereocenters. The first-order valence-corrected chi connectivity index (χ1v) is 6.84. The van der Waals surface area contributed by atoms with E-state index in [1.165, 1.54) is 0 Å². The number of aryl methyl sites for hydroxylation is 1. The highest BCUT2D eigenvalue weighted by Crippen LogP contribution is 2.30. The van der Waals surface area contributed by atoms with Gasteiger partial charge in [-0.05, 0) is 38.8 Å². The van der Waals surface area contributed by atoms with Gasteiger partial charge in [0.2, 0.25) is 0 Å². The number of piperidine rings is 1. The summed E-state index contributed by atoms with van der Waals surface area (Å²) in [5.41, 5.74) is -0.0696. The molecule has 20 heavy (non-hydrogen) atoms. The average Bonchev–Trinajstić information content (AvgIpc) is 2.41. The molecule has 0 amide bonds. The lowest BCUT2D eigenvalue weighted by Crippen LogP contribution is -2.59. The number of aliphatic carboxylic acids is 1. The molecule has 0 saturated carbocycles. The standard InChI is InChI=1S/C14H21N3O3/c1-11-5-7-15-12(16-11)9-17-8-4-3-6-14(17,10-20-2)13(18)19/h5,7H,3-4,6,8-10H2,1-2H3,(H,18,19). The first-order valence-electron chi connectivity index (χ1n) is 6.84. The van der Waals surface area contributed by atoms with E-state index >= 15 is 0 Å². The van der Waals surface area contributed by atoms with Crippen molar-refractivity contribution in [3.63, 3.8) is 0 Å². The maximum atomic E-state index is 11.8. The van der Waals surface area contributed by atoms with Crippen molar-refractivity contribution in [1.29, 1.82) is 0 Å². The van der Waals surface area contributed by atoms with Crippen LogP contribution in [0, 0.1) is 6.92 Å². The van der Waals surface area contributed by atoms with Gasteiger partial charge in [-0.1, -0.05) is 0 Å². The molecule has 1 aromatic heterocycles. The molecule has 110 valence electrons. The van der Waals surface area contributed by atoms with Crippen molar-refractivity contribution in [2.75, 3.05) is 20.3 Å². The third-order valence-corrected chi connectivity index (χ3v) is 3.83. The molecule has 1 aromatic rings. The van der Waals surface area contributed by atoms with E-state index in [0.717, 1.165) is 25.1 Å². The van der Waals surface area contributed by atoms with Gasteiger partial charge in [0.25, 0.3) is 0 Å². The van der Waals surface area contributed by atoms with Gasteiger partial charge in [0.05, 0.1) is 13.2 Å². The summed E-state index contributed by atoms with van der Waals surface area (Å²) in [7, 11) is 1.54. The van der Waals surface area contributed by atoms with Crippen molar-refractivity contribution in [2.24, 2.45) is 0 Å². The van der Waals surface area contributed by atoms with Gasteiger partial charge in [-0.25, -0.2) is 9.97 Å². The van der Waals surface area contributed by atoms with Crippen LogP contribution < -0.4 is 0 Å². The molecule has 1 fully saturated rings. The van der Waals surface area contributed by atoms with Gasteiger partial charge in [-0.2, -0.15) is 0 Å². The number of aromatic nitrogens is 2. The minimum atomic E-state index is -0.958. The molecular weight excluding hydrogens is 258 g/mol. The largest absolute Gasteiger partial charge is 0.480 e. The molecule has 1 aliphatic rings. The summed E-state index contributed by atoms with van der Waals surface area (Å²) >= 11 is 0. The summed E-state index contributed by atoms with van der Waals surface area (Å²) in [6.07, 6.45) is 4.20. The molecule has 2 rings (SSSR count). The zero-order chi connectivity index (χ0) is 14.6. The molecule has 1 atom stereocenters. The van der Waals surface area contributed by atoms with Gasteiger partial charge in [0, 0.05) is 19.0 Å². The number of methoxy groups -OCH3 is 1. The highest BCUT2D eigenvalue weighted by Gasteiger charge is 2.46. The number of nitrogens with zero attached hydrogens (tertiary/aromatic N) is 3. The fourth-order valence-electron chi connectivity index (χ4n) is 2.78. The summed E-state index contributed by atoms with van der Waals surface area (Å²) in [5.74, 6) is -0.166. The lowest BCUT2D eigenvalue weighted by Gasteiger charge is -2.43. The molecule has 0 aromatic carbocycles. The highest BCUT2D eigenvalue weighted by atomic mass is 16.5. The summed E-state index contributed by atoms with van der Waals surface area (Å²) in [6, 6.07) is 1.83. The molecule has 6 nitrogen and oxygen atoms in total. The molecule has 1 aliphatic heterocycles. The zero-order valence-electron chi connectivity index (χ0n) is 12.0. The van der Waals surface area contributed by atoms with Gasteiger partial charge in [0.1, 0.15) is 11.4 Å². The van der Waals surface area contributed by atoms with E-state index in [2.05, 4.69) is 9.97 Å². The molecule has 0 spiro atoms. The predicted octanol–water partition coefficient (Wildman–Crippen LogP) is 1.24. The molecule has 1 N–H and O–H groups in total. The maximum absolute atomic E-state index is 11.8. The van der Waals surface area contributed by atoms with Crippen LogP contribution in [0.5, 0.6) is 0 Å². The van der Waals surface area contributed by atoms with E-state index in [9.17, 15) is 9.90 Å². The molecule has 2 heterocycles. The molecule has 0 radical (unpaired) electrons. The Balaban J connectivity index is 2.23. The monoisotopic (exact) mass is 279 g/mol. The van der Waals surface area contributed by atoms with Gasteiger partial charge < -0.3 is 9.84 Å². The Morgan fingerprint density at radius 2 is 2.35 bits per heavy atom. The van der Waals surface area contributed by atoms with Crippen molar-refractivity contribution in [3.05, 3.63) is 23.8 Å². The minimum Gasteiger partial charge on any atom is -0.480 e. The van der Waals surface area contributed by atoms with Crippen LogP contribution in [-0.2, 0) is 16.1 Å². The second kappa shape index (κ2) is 6.28. The van der Waals surface area contributed by atoms with Gasteiger partial charge in [0.15, 0.2) is 0 Å². The van der Waals surface area contributed by atoms with E-state index in [1.54, 1.807) is 13.3 Å². The van der Waals surface area contributed by atoms with E-state index < -0.39 is 11.5 Å². The van der Waals surface area contributed by atoms with E-state index in [-0.39, 0.29) is 6.61 Å². The minimum absolute atomic E-state index is 0.189. The van der Waals surface area contributed by atoms with Crippen LogP contribution in [0.2, 0.25) is 0 Å². The van der Waals surface area contributed by atoms with Crippen LogP contribution in [0.15, 0.2) is 12.3 Å². The predicted molar refractivity (Wildman–Crippen MR) is 73.3 cm³/mol. The topological polar surface area (TPSA) is 75.6 Å². The quantitative estimate of drug-likeness (QED) is 0.874. The summed E-state index contributed by atoms with van der Waals surface area (Å²) < 4.78 is 5.17. The molecule has 0 aliphatic carbocycles. The Hall–Kier alpha value is -1.53. The van der Waals surface area contributed by atoms with Crippen molar-refractivity contribution in [3.8, 4) is 0 Å². The first kappa shape index (κ1) is 14.9. The molecule has 1 saturated heterocycles. The van der Waals surface area contributed by atoms with E-state index in [0.29, 0.717) is 18.8 Å². The lowest BCUT2D eigenvalue weighted by molar-refractivity contribution is -0.159. The Bertz CT molecular complexity index is 476. The number of likely N-dealkylation sites (tertiary alicyclic amines) is 1. The van der Waals surface area contributed by atoms with Crippen molar-refractivity contribution in [1.82, 2.24) is 14.9 Å². The Kier molecular flexibility index (Phi) is 4.67. The Morgan fingerprint density at radius 3 is 3.00 bits per heavy atom. The summed E-state index contributed by atoms with van der Waals surface area (Å²) in [4.78, 5) is 22.3. The van der Waals surface area contributed by atoms with Crippen LogP contribution in [0.1, 0.15) is 30.8 Å². The lowest BCUT2D eigenvalue weighted by atomic mass is 9.87. The van der Waals surface area contributed by atoms with Gasteiger partial charge in [-0.3, -0.25) is 9.69 Å². The van der Waals surface area contributed by atoms with Crippen molar-refractivity contribution < 1.29 is 14.6 Å². The fraction of sp³-hybridized carbons (Fsp3) is 0.643. The number of ether oxygens (including phenoxy) is 1. The van der Waals surface area contributed by atoms with Crippen molar-refractivity contribution in [2.45, 2.75) is 38.3 Å². The van der Waals surface area contributed by atoms with Crippen LogP contribution >= 0.6 is 0 Å². The number of carbonyl (C=O) groups is 1. The van der Waals surface area contributed by atoms with E-state index in [4.69, 9.17) is 4.74 Å². The van der Waals surface area contributed by atoms with Crippen molar-refractivity contribution >= 4 is 5.97 Å². The second-order valence-corrected chi connectivity index (χ2v) is 5.26. The number of carboxylic acids is 1.